The average Bonchev–Trinajstić information content (AvgIpc) is 3.50. The summed E-state index contributed by atoms with van der Waals surface area (Å²) in [7, 11) is 0. The molecule has 2 N–H and O–H groups in total. The lowest BCUT2D eigenvalue weighted by Crippen LogP contribution is -2.65. The summed E-state index contributed by atoms with van der Waals surface area (Å²) >= 11 is 0. The zero-order chi connectivity index (χ0) is 22.9. The van der Waals surface area contributed by atoms with E-state index < -0.39 is 11.4 Å². The first-order valence-electron chi connectivity index (χ1n) is 11.4. The molecule has 1 aliphatic heterocycles. The quantitative estimate of drug-likeness (QED) is 0.686. The first-order valence-corrected chi connectivity index (χ1v) is 11.4. The van der Waals surface area contributed by atoms with Crippen molar-refractivity contribution in [3.05, 3.63) is 41.1 Å². The fraction of sp³-hybridized carbons (Fsp3) is 0.565. The van der Waals surface area contributed by atoms with E-state index in [0.29, 0.717) is 18.0 Å². The average molecular weight is 442 g/mol. The highest BCUT2D eigenvalue weighted by atomic mass is 16.3. The molecule has 2 aromatic rings. The Morgan fingerprint density at radius 3 is 2.69 bits per heavy atom. The molecule has 172 valence electrons. The number of rotatable bonds is 7. The van der Waals surface area contributed by atoms with Gasteiger partial charge in [-0.25, -0.2) is 0 Å². The summed E-state index contributed by atoms with van der Waals surface area (Å²) < 4.78 is 6.97. The molecule has 32 heavy (non-hydrogen) atoms. The summed E-state index contributed by atoms with van der Waals surface area (Å²) in [6, 6.07) is 5.29. The van der Waals surface area contributed by atoms with Crippen molar-refractivity contribution in [2.75, 3.05) is 6.54 Å². The molecule has 0 aromatic carbocycles. The molecule has 0 saturated heterocycles. The predicted molar refractivity (Wildman–Crippen MR) is 117 cm³/mol. The van der Waals surface area contributed by atoms with E-state index in [1.807, 2.05) is 19.9 Å². The number of amides is 3. The van der Waals surface area contributed by atoms with Crippen molar-refractivity contribution < 1.29 is 18.8 Å². The number of fused-ring (bicyclic) bond motifs is 1. The number of furan rings is 1. The summed E-state index contributed by atoms with van der Waals surface area (Å²) in [6.45, 7) is 6.49. The Bertz CT molecular complexity index is 1020. The van der Waals surface area contributed by atoms with E-state index in [2.05, 4.69) is 15.7 Å². The lowest BCUT2D eigenvalue weighted by Gasteiger charge is -2.43. The van der Waals surface area contributed by atoms with E-state index in [-0.39, 0.29) is 36.6 Å². The maximum Gasteiger partial charge on any atom is 0.273 e. The molecular weight excluding hydrogens is 410 g/mol. The van der Waals surface area contributed by atoms with Gasteiger partial charge in [0.2, 0.25) is 5.91 Å². The number of aromatic nitrogens is 2. The zero-order valence-corrected chi connectivity index (χ0v) is 18.9. The molecule has 1 fully saturated rings. The van der Waals surface area contributed by atoms with E-state index in [9.17, 15) is 14.4 Å². The van der Waals surface area contributed by atoms with Gasteiger partial charge in [-0.1, -0.05) is 19.8 Å². The van der Waals surface area contributed by atoms with Crippen molar-refractivity contribution in [3.8, 4) is 0 Å². The van der Waals surface area contributed by atoms with E-state index >= 15 is 0 Å². The normalized spacial score (nSPS) is 21.0. The number of aryl methyl sites for hydroxylation is 1. The highest BCUT2D eigenvalue weighted by molar-refractivity contribution is 6.01. The second-order valence-electron chi connectivity index (χ2n) is 8.95. The lowest BCUT2D eigenvalue weighted by atomic mass is 9.94. The van der Waals surface area contributed by atoms with Gasteiger partial charge < -0.3 is 20.0 Å². The van der Waals surface area contributed by atoms with Crippen molar-refractivity contribution in [3.63, 3.8) is 0 Å². The van der Waals surface area contributed by atoms with E-state index in [0.717, 1.165) is 37.9 Å². The van der Waals surface area contributed by atoms with Crippen LogP contribution in [0.15, 0.2) is 22.6 Å². The molecule has 0 spiro atoms. The number of nitrogens with one attached hydrogen (secondary N) is 2. The molecule has 1 aliphatic carbocycles. The van der Waals surface area contributed by atoms with E-state index in [1.54, 1.807) is 17.9 Å². The molecule has 0 radical (unpaired) electrons. The van der Waals surface area contributed by atoms with Crippen molar-refractivity contribution >= 4 is 17.7 Å². The van der Waals surface area contributed by atoms with Gasteiger partial charge in [0.1, 0.15) is 22.8 Å². The van der Waals surface area contributed by atoms with Crippen LogP contribution in [-0.2, 0) is 17.9 Å². The van der Waals surface area contributed by atoms with Crippen LogP contribution >= 0.6 is 0 Å². The smallest absolute Gasteiger partial charge is 0.273 e. The minimum atomic E-state index is -1.06. The van der Waals surface area contributed by atoms with Gasteiger partial charge in [-0.3, -0.25) is 19.1 Å². The van der Waals surface area contributed by atoms with Crippen molar-refractivity contribution in [1.29, 1.82) is 0 Å². The number of carbonyl (C=O) groups is 3. The first kappa shape index (κ1) is 22.1. The molecule has 2 aromatic heterocycles. The predicted octanol–water partition coefficient (Wildman–Crippen LogP) is 2.40. The van der Waals surface area contributed by atoms with Crippen LogP contribution < -0.4 is 10.6 Å². The van der Waals surface area contributed by atoms with Crippen LogP contribution in [0.3, 0.4) is 0 Å². The Balaban J connectivity index is 1.54. The number of nitrogens with zero attached hydrogens (tertiary/aromatic N) is 3. The van der Waals surface area contributed by atoms with Crippen LogP contribution in [0.2, 0.25) is 0 Å². The molecule has 3 heterocycles. The third-order valence-electron chi connectivity index (χ3n) is 6.38. The Kier molecular flexibility index (Phi) is 6.08. The maximum atomic E-state index is 13.3. The minimum absolute atomic E-state index is 0.147. The van der Waals surface area contributed by atoms with Crippen LogP contribution in [0.1, 0.15) is 78.4 Å². The van der Waals surface area contributed by atoms with Crippen molar-refractivity contribution in [2.45, 2.75) is 77.5 Å². The van der Waals surface area contributed by atoms with Gasteiger partial charge in [0, 0.05) is 18.7 Å². The van der Waals surface area contributed by atoms with Gasteiger partial charge in [-0.05, 0) is 45.2 Å². The molecular formula is C23H31N5O4. The minimum Gasteiger partial charge on any atom is -0.465 e. The fourth-order valence-corrected chi connectivity index (χ4v) is 4.58. The molecule has 1 atom stereocenters. The number of hydrogen-bond donors (Lipinski definition) is 2. The molecule has 1 saturated carbocycles. The molecule has 9 heteroatoms. The van der Waals surface area contributed by atoms with Crippen LogP contribution in [0.5, 0.6) is 0 Å². The van der Waals surface area contributed by atoms with E-state index in [4.69, 9.17) is 4.42 Å². The van der Waals surface area contributed by atoms with Crippen LogP contribution in [0.25, 0.3) is 0 Å². The summed E-state index contributed by atoms with van der Waals surface area (Å²) in [5, 5.41) is 10.3. The zero-order valence-electron chi connectivity index (χ0n) is 18.9. The summed E-state index contributed by atoms with van der Waals surface area (Å²) in [4.78, 5) is 40.9. The molecule has 3 amide bonds. The summed E-state index contributed by atoms with van der Waals surface area (Å²) in [6.07, 6.45) is 4.88. The Labute approximate surface area is 187 Å². The topological polar surface area (TPSA) is 109 Å². The Morgan fingerprint density at radius 2 is 2.03 bits per heavy atom. The largest absolute Gasteiger partial charge is 0.465 e. The number of hydrogen-bond acceptors (Lipinski definition) is 5. The van der Waals surface area contributed by atoms with Crippen LogP contribution in [0.4, 0.5) is 0 Å². The fourth-order valence-electron chi connectivity index (χ4n) is 4.58. The second-order valence-corrected chi connectivity index (χ2v) is 8.95. The monoisotopic (exact) mass is 441 g/mol. The van der Waals surface area contributed by atoms with E-state index in [1.165, 1.54) is 10.7 Å². The Morgan fingerprint density at radius 1 is 1.28 bits per heavy atom. The van der Waals surface area contributed by atoms with Gasteiger partial charge in [0.05, 0.1) is 13.1 Å². The lowest BCUT2D eigenvalue weighted by molar-refractivity contribution is -0.133. The molecule has 2 aliphatic rings. The second kappa shape index (κ2) is 8.80. The van der Waals surface area contributed by atoms with Crippen LogP contribution in [0, 0.1) is 6.92 Å². The summed E-state index contributed by atoms with van der Waals surface area (Å²) in [5.41, 5.74) is -0.592. The standard InChI is InChI=1S/C23H31N5O4/c1-4-11-27-21(30)19-12-18(20(29)24-13-17-10-9-15(2)32-17)26-28(19)14-23(27,3)22(31)25-16-7-5-6-8-16/h9-10,12,16H,4-8,11,13-14H2,1-3H3,(H,24,29)(H,25,31)/t23-/m0/s1. The van der Waals surface area contributed by atoms with Gasteiger partial charge >= 0.3 is 0 Å². The molecule has 4 rings (SSSR count). The van der Waals surface area contributed by atoms with Crippen molar-refractivity contribution in [2.24, 2.45) is 0 Å². The number of carbonyl (C=O) groups excluding carboxylic acids is 3. The highest BCUT2D eigenvalue weighted by Gasteiger charge is 2.48. The third kappa shape index (κ3) is 4.16. The third-order valence-corrected chi connectivity index (χ3v) is 6.38. The van der Waals surface area contributed by atoms with Gasteiger partial charge in [-0.2, -0.15) is 5.10 Å². The summed E-state index contributed by atoms with van der Waals surface area (Å²) in [5.74, 6) is 0.569. The molecule has 0 unspecified atom stereocenters. The maximum absolute atomic E-state index is 13.3. The Hall–Kier alpha value is -3.10. The molecule has 0 bridgehead atoms. The highest BCUT2D eigenvalue weighted by Crippen LogP contribution is 2.29. The van der Waals surface area contributed by atoms with Gasteiger partial charge in [-0.15, -0.1) is 0 Å². The van der Waals surface area contributed by atoms with Crippen LogP contribution in [-0.4, -0.2) is 50.5 Å². The van der Waals surface area contributed by atoms with Gasteiger partial charge in [0.15, 0.2) is 5.69 Å². The first-order chi connectivity index (χ1) is 15.3. The van der Waals surface area contributed by atoms with Gasteiger partial charge in [0.25, 0.3) is 11.8 Å². The van der Waals surface area contributed by atoms with Crippen molar-refractivity contribution in [1.82, 2.24) is 25.3 Å². The molecule has 9 nitrogen and oxygen atoms in total. The SMILES string of the molecule is CCCN1C(=O)c2cc(C(=O)NCc3ccc(C)o3)nn2C[C@@]1(C)C(=O)NC1CCCC1.